The Balaban J connectivity index is 2.09. The number of hydrogen-bond acceptors (Lipinski definition) is 7. The first-order chi connectivity index (χ1) is 15.4. The highest BCUT2D eigenvalue weighted by Crippen LogP contribution is 2.32. The maximum atomic E-state index is 12.7. The van der Waals surface area contributed by atoms with Crippen LogP contribution in [0.3, 0.4) is 0 Å². The molecule has 34 heavy (non-hydrogen) atoms. The summed E-state index contributed by atoms with van der Waals surface area (Å²) in [5.74, 6) is -1.07. The summed E-state index contributed by atoms with van der Waals surface area (Å²) in [6.45, 7) is 12.3. The van der Waals surface area contributed by atoms with Crippen molar-refractivity contribution in [3.05, 3.63) is 42.2 Å². The summed E-state index contributed by atoms with van der Waals surface area (Å²) < 4.78 is 33.6. The summed E-state index contributed by atoms with van der Waals surface area (Å²) in [6.07, 6.45) is 2.73. The fraction of sp³-hybridized carbons (Fsp3) is 0.478. The Kier molecular flexibility index (Phi) is 7.61. The van der Waals surface area contributed by atoms with Crippen LogP contribution in [0.1, 0.15) is 65.2 Å². The van der Waals surface area contributed by atoms with Gasteiger partial charge in [-0.15, -0.1) is 0 Å². The van der Waals surface area contributed by atoms with Gasteiger partial charge in [0.1, 0.15) is 11.4 Å². The lowest BCUT2D eigenvalue weighted by Crippen LogP contribution is -2.40. The van der Waals surface area contributed by atoms with Crippen LogP contribution in [0.5, 0.6) is 5.75 Å². The lowest BCUT2D eigenvalue weighted by atomic mass is 9.82. The van der Waals surface area contributed by atoms with E-state index in [0.717, 1.165) is 0 Å². The van der Waals surface area contributed by atoms with Crippen LogP contribution in [-0.4, -0.2) is 46.5 Å². The number of nitrogens with one attached hydrogen (secondary N) is 2. The van der Waals surface area contributed by atoms with Crippen molar-refractivity contribution < 1.29 is 27.9 Å². The highest BCUT2D eigenvalue weighted by Gasteiger charge is 2.36. The van der Waals surface area contributed by atoms with Crippen LogP contribution < -0.4 is 14.8 Å². The summed E-state index contributed by atoms with van der Waals surface area (Å²) >= 11 is 0. The van der Waals surface area contributed by atoms with Crippen LogP contribution in [0.2, 0.25) is 0 Å². The minimum atomic E-state index is -3.98. The number of sulfonamides is 1. The van der Waals surface area contributed by atoms with Gasteiger partial charge in [0.2, 0.25) is 5.95 Å². The molecule has 0 aliphatic heterocycles. The Morgan fingerprint density at radius 3 is 1.97 bits per heavy atom. The first-order valence-corrected chi connectivity index (χ1v) is 12.1. The SMILES string of the molecule is CC(C)(C)NC(=O)c1cnc(NS(=O)(=O)c2ccc(OC(C)(C)CC(C)(C)C(=O)O)cc2)nc1. The largest absolute Gasteiger partial charge is 0.488 e. The number of anilines is 1. The van der Waals surface area contributed by atoms with Crippen LogP contribution >= 0.6 is 0 Å². The van der Waals surface area contributed by atoms with Crippen molar-refractivity contribution in [2.75, 3.05) is 4.72 Å². The fourth-order valence-corrected chi connectivity index (χ4v) is 4.23. The number of benzene rings is 1. The minimum absolute atomic E-state index is 0.0401. The van der Waals surface area contributed by atoms with Crippen molar-refractivity contribution in [2.45, 2.75) is 70.9 Å². The molecule has 0 bridgehead atoms. The normalized spacial score (nSPS) is 12.7. The molecule has 0 saturated heterocycles. The molecule has 0 unspecified atom stereocenters. The average molecular weight is 493 g/mol. The molecule has 186 valence electrons. The smallest absolute Gasteiger partial charge is 0.309 e. The molecule has 0 radical (unpaired) electrons. The van der Waals surface area contributed by atoms with Gasteiger partial charge in [-0.2, -0.15) is 0 Å². The van der Waals surface area contributed by atoms with Crippen LogP contribution in [0, 0.1) is 5.41 Å². The van der Waals surface area contributed by atoms with Crippen molar-refractivity contribution in [2.24, 2.45) is 5.41 Å². The highest BCUT2D eigenvalue weighted by molar-refractivity contribution is 7.92. The predicted molar refractivity (Wildman–Crippen MR) is 127 cm³/mol. The topological polar surface area (TPSA) is 148 Å². The molecule has 0 atom stereocenters. The third-order valence-corrected chi connectivity index (χ3v) is 5.95. The molecular formula is C23H32N4O6S. The lowest BCUT2D eigenvalue weighted by molar-refractivity contribution is -0.149. The summed E-state index contributed by atoms with van der Waals surface area (Å²) in [5.41, 5.74) is -2.02. The molecule has 10 nitrogen and oxygen atoms in total. The molecule has 1 heterocycles. The lowest BCUT2D eigenvalue weighted by Gasteiger charge is -2.32. The second-order valence-electron chi connectivity index (χ2n) is 10.3. The highest BCUT2D eigenvalue weighted by atomic mass is 32.2. The van der Waals surface area contributed by atoms with Gasteiger partial charge < -0.3 is 15.2 Å². The van der Waals surface area contributed by atoms with E-state index in [-0.39, 0.29) is 28.7 Å². The Morgan fingerprint density at radius 2 is 1.50 bits per heavy atom. The maximum Gasteiger partial charge on any atom is 0.309 e. The van der Waals surface area contributed by atoms with Crippen LogP contribution in [-0.2, 0) is 14.8 Å². The van der Waals surface area contributed by atoms with Gasteiger partial charge in [-0.3, -0.25) is 9.59 Å². The monoisotopic (exact) mass is 492 g/mol. The van der Waals surface area contributed by atoms with Crippen LogP contribution in [0.15, 0.2) is 41.6 Å². The zero-order valence-electron chi connectivity index (χ0n) is 20.5. The van der Waals surface area contributed by atoms with E-state index >= 15 is 0 Å². The number of nitrogens with zero attached hydrogens (tertiary/aromatic N) is 2. The summed E-state index contributed by atoms with van der Waals surface area (Å²) in [6, 6.07) is 5.71. The number of aromatic nitrogens is 2. The number of carbonyl (C=O) groups excluding carboxylic acids is 1. The van der Waals surface area contributed by atoms with Crippen LogP contribution in [0.4, 0.5) is 5.95 Å². The number of ether oxygens (including phenoxy) is 1. The van der Waals surface area contributed by atoms with E-state index in [1.54, 1.807) is 27.7 Å². The third kappa shape index (κ3) is 7.68. The summed E-state index contributed by atoms with van der Waals surface area (Å²) in [4.78, 5) is 31.4. The number of rotatable bonds is 9. The third-order valence-electron chi connectivity index (χ3n) is 4.60. The molecule has 3 N–H and O–H groups in total. The zero-order chi connectivity index (χ0) is 25.9. The van der Waals surface area contributed by atoms with Gasteiger partial charge in [-0.05, 0) is 72.7 Å². The molecule has 0 saturated carbocycles. The van der Waals surface area contributed by atoms with Crippen molar-refractivity contribution >= 4 is 27.8 Å². The Labute approximate surface area is 200 Å². The number of amides is 1. The van der Waals surface area contributed by atoms with Gasteiger partial charge >= 0.3 is 5.97 Å². The fourth-order valence-electron chi connectivity index (χ4n) is 3.27. The van der Waals surface area contributed by atoms with Crippen molar-refractivity contribution in [3.63, 3.8) is 0 Å². The Hall–Kier alpha value is -3.21. The van der Waals surface area contributed by atoms with Crippen molar-refractivity contribution in [3.8, 4) is 5.75 Å². The van der Waals surface area contributed by atoms with E-state index in [1.165, 1.54) is 36.7 Å². The first kappa shape index (κ1) is 27.0. The summed E-state index contributed by atoms with van der Waals surface area (Å²) in [5, 5.41) is 12.1. The molecule has 1 aromatic carbocycles. The molecule has 0 aliphatic rings. The van der Waals surface area contributed by atoms with E-state index < -0.39 is 32.5 Å². The van der Waals surface area contributed by atoms with Gasteiger partial charge in [0.05, 0.1) is 15.9 Å². The molecule has 2 aromatic rings. The van der Waals surface area contributed by atoms with E-state index in [2.05, 4.69) is 20.0 Å². The predicted octanol–water partition coefficient (Wildman–Crippen LogP) is 3.46. The second-order valence-corrected chi connectivity index (χ2v) is 12.0. The molecule has 1 amide bonds. The first-order valence-electron chi connectivity index (χ1n) is 10.6. The van der Waals surface area contributed by atoms with Crippen molar-refractivity contribution in [1.82, 2.24) is 15.3 Å². The standard InChI is InChI=1S/C23H32N4O6S/c1-21(2,3)26-18(28)15-12-24-20(25-13-15)27-34(31,32)17-10-8-16(9-11-17)33-23(6,7)14-22(4,5)19(29)30/h8-13H,14H2,1-7H3,(H,26,28)(H,29,30)(H,24,25,27). The molecule has 0 aliphatic carbocycles. The average Bonchev–Trinajstić information content (AvgIpc) is 2.66. The Morgan fingerprint density at radius 1 is 0.971 bits per heavy atom. The van der Waals surface area contributed by atoms with E-state index in [0.29, 0.717) is 5.75 Å². The van der Waals surface area contributed by atoms with Crippen molar-refractivity contribution in [1.29, 1.82) is 0 Å². The summed E-state index contributed by atoms with van der Waals surface area (Å²) in [7, 11) is -3.98. The molecule has 2 rings (SSSR count). The van der Waals surface area contributed by atoms with Gasteiger partial charge in [0.25, 0.3) is 15.9 Å². The zero-order valence-corrected chi connectivity index (χ0v) is 21.3. The number of carboxylic acid groups (broad SMARTS) is 1. The van der Waals surface area contributed by atoms with E-state index in [4.69, 9.17) is 4.74 Å². The minimum Gasteiger partial charge on any atom is -0.488 e. The van der Waals surface area contributed by atoms with Gasteiger partial charge in [0, 0.05) is 24.4 Å². The molecule has 11 heteroatoms. The molecule has 1 aromatic heterocycles. The van der Waals surface area contributed by atoms with Gasteiger partial charge in [-0.25, -0.2) is 23.1 Å². The quantitative estimate of drug-likeness (QED) is 0.482. The second kappa shape index (κ2) is 9.57. The Bertz CT molecular complexity index is 1140. The molecule has 0 fully saturated rings. The van der Waals surface area contributed by atoms with E-state index in [9.17, 15) is 23.1 Å². The molecular weight excluding hydrogens is 460 g/mol. The number of carboxylic acids is 1. The van der Waals surface area contributed by atoms with Gasteiger partial charge in [-0.1, -0.05) is 0 Å². The number of carbonyl (C=O) groups is 2. The number of hydrogen-bond donors (Lipinski definition) is 3. The van der Waals surface area contributed by atoms with E-state index in [1.807, 2.05) is 20.8 Å². The maximum absolute atomic E-state index is 12.7. The van der Waals surface area contributed by atoms with Gasteiger partial charge in [0.15, 0.2) is 0 Å². The molecule has 0 spiro atoms. The van der Waals surface area contributed by atoms with Crippen LogP contribution in [0.25, 0.3) is 0 Å². The number of aliphatic carboxylic acids is 1.